The fourth-order valence-corrected chi connectivity index (χ4v) is 2.71. The molecule has 1 aromatic rings. The highest BCUT2D eigenvalue weighted by Gasteiger charge is 2.42. The van der Waals surface area contributed by atoms with Crippen LogP contribution in [0, 0.1) is 6.92 Å². The summed E-state index contributed by atoms with van der Waals surface area (Å²) in [6.45, 7) is 2.59. The Labute approximate surface area is 92.7 Å². The second-order valence-corrected chi connectivity index (χ2v) is 5.11. The van der Waals surface area contributed by atoms with Gasteiger partial charge in [0, 0.05) is 17.9 Å². The largest absolute Gasteiger partial charge is 0.479 e. The molecule has 3 nitrogen and oxygen atoms in total. The molecule has 4 heteroatoms. The summed E-state index contributed by atoms with van der Waals surface area (Å²) in [4.78, 5) is 12.4. The molecule has 0 saturated carbocycles. The smallest absolute Gasteiger partial charge is 0.336 e. The molecule has 0 radical (unpaired) electrons. The van der Waals surface area contributed by atoms with Gasteiger partial charge in [-0.05, 0) is 36.8 Å². The van der Waals surface area contributed by atoms with Gasteiger partial charge in [0.05, 0.1) is 0 Å². The molecule has 1 fully saturated rings. The Kier molecular flexibility index (Phi) is 2.80. The maximum atomic E-state index is 11.2. The third-order valence-corrected chi connectivity index (χ3v) is 3.68. The number of hydrogen-bond acceptors (Lipinski definition) is 3. The van der Waals surface area contributed by atoms with Crippen LogP contribution in [0.2, 0.25) is 0 Å². The summed E-state index contributed by atoms with van der Waals surface area (Å²) < 4.78 is 5.42. The summed E-state index contributed by atoms with van der Waals surface area (Å²) in [7, 11) is 0. The maximum Gasteiger partial charge on any atom is 0.336 e. The van der Waals surface area contributed by atoms with Gasteiger partial charge in [0.1, 0.15) is 0 Å². The lowest BCUT2D eigenvalue weighted by molar-refractivity contribution is -0.159. The van der Waals surface area contributed by atoms with Gasteiger partial charge in [-0.15, -0.1) is 11.3 Å². The maximum absolute atomic E-state index is 11.2. The normalized spacial score (nSPS) is 25.7. The topological polar surface area (TPSA) is 46.5 Å². The van der Waals surface area contributed by atoms with Crippen molar-refractivity contribution in [2.24, 2.45) is 0 Å². The summed E-state index contributed by atoms with van der Waals surface area (Å²) in [5, 5.41) is 11.2. The zero-order valence-electron chi connectivity index (χ0n) is 8.66. The fourth-order valence-electron chi connectivity index (χ4n) is 2.00. The Morgan fingerprint density at radius 1 is 1.73 bits per heavy atom. The number of carboxylic acid groups (broad SMARTS) is 1. The minimum atomic E-state index is -0.965. The van der Waals surface area contributed by atoms with E-state index < -0.39 is 11.6 Å². The van der Waals surface area contributed by atoms with Crippen LogP contribution in [0.5, 0.6) is 0 Å². The highest BCUT2D eigenvalue weighted by Crippen LogP contribution is 2.31. The highest BCUT2D eigenvalue weighted by molar-refractivity contribution is 7.10. The van der Waals surface area contributed by atoms with E-state index in [-0.39, 0.29) is 0 Å². The molecule has 2 rings (SSSR count). The predicted octanol–water partition coefficient (Wildman–Crippen LogP) is 2.23. The van der Waals surface area contributed by atoms with Crippen LogP contribution >= 0.6 is 11.3 Å². The molecule has 0 amide bonds. The average molecular weight is 226 g/mol. The monoisotopic (exact) mass is 226 g/mol. The summed E-state index contributed by atoms with van der Waals surface area (Å²) in [6, 6.07) is 2.04. The lowest BCUT2D eigenvalue weighted by Crippen LogP contribution is -2.39. The van der Waals surface area contributed by atoms with Crippen molar-refractivity contribution in [3.8, 4) is 0 Å². The van der Waals surface area contributed by atoms with Gasteiger partial charge in [-0.25, -0.2) is 4.79 Å². The first-order valence-electron chi connectivity index (χ1n) is 5.04. The van der Waals surface area contributed by atoms with Crippen LogP contribution < -0.4 is 0 Å². The van der Waals surface area contributed by atoms with Crippen molar-refractivity contribution in [3.63, 3.8) is 0 Å². The van der Waals surface area contributed by atoms with E-state index in [1.807, 2.05) is 18.4 Å². The van der Waals surface area contributed by atoms with Crippen LogP contribution in [0.3, 0.4) is 0 Å². The van der Waals surface area contributed by atoms with Crippen molar-refractivity contribution < 1.29 is 14.6 Å². The molecular formula is C11H14O3S. The summed E-state index contributed by atoms with van der Waals surface area (Å²) in [5.41, 5.74) is 0.106. The van der Waals surface area contributed by atoms with Crippen molar-refractivity contribution >= 4 is 17.3 Å². The SMILES string of the molecule is Cc1cc(CC2(C(=O)O)CCCO2)cs1. The predicted molar refractivity (Wildman–Crippen MR) is 58.3 cm³/mol. The minimum absolute atomic E-state index is 0.493. The van der Waals surface area contributed by atoms with Crippen LogP contribution in [0.25, 0.3) is 0 Å². The second-order valence-electron chi connectivity index (χ2n) is 3.99. The Hall–Kier alpha value is -0.870. The van der Waals surface area contributed by atoms with E-state index in [1.165, 1.54) is 4.88 Å². The minimum Gasteiger partial charge on any atom is -0.479 e. The molecule has 82 valence electrons. The quantitative estimate of drug-likeness (QED) is 0.859. The highest BCUT2D eigenvalue weighted by atomic mass is 32.1. The van der Waals surface area contributed by atoms with E-state index in [4.69, 9.17) is 4.74 Å². The van der Waals surface area contributed by atoms with Gasteiger partial charge in [0.15, 0.2) is 5.60 Å². The van der Waals surface area contributed by atoms with Crippen molar-refractivity contribution in [3.05, 3.63) is 21.9 Å². The van der Waals surface area contributed by atoms with Crippen LogP contribution in [0.4, 0.5) is 0 Å². The molecule has 1 aliphatic rings. The number of ether oxygens (including phenoxy) is 1. The Bertz CT molecular complexity index is 364. The molecule has 1 saturated heterocycles. The van der Waals surface area contributed by atoms with Gasteiger partial charge in [0.2, 0.25) is 0 Å². The van der Waals surface area contributed by atoms with Gasteiger partial charge in [-0.2, -0.15) is 0 Å². The first kappa shape index (κ1) is 10.6. The van der Waals surface area contributed by atoms with E-state index in [1.54, 1.807) is 11.3 Å². The van der Waals surface area contributed by atoms with Crippen LogP contribution in [0.1, 0.15) is 23.3 Å². The van der Waals surface area contributed by atoms with E-state index in [0.29, 0.717) is 19.4 Å². The zero-order chi connectivity index (χ0) is 10.9. The van der Waals surface area contributed by atoms with E-state index >= 15 is 0 Å². The molecule has 0 bridgehead atoms. The van der Waals surface area contributed by atoms with E-state index in [9.17, 15) is 9.90 Å². The first-order valence-corrected chi connectivity index (χ1v) is 5.92. The van der Waals surface area contributed by atoms with Gasteiger partial charge >= 0.3 is 5.97 Å². The van der Waals surface area contributed by atoms with Crippen LogP contribution in [0.15, 0.2) is 11.4 Å². The van der Waals surface area contributed by atoms with Gasteiger partial charge in [-0.1, -0.05) is 0 Å². The van der Waals surface area contributed by atoms with E-state index in [2.05, 4.69) is 0 Å². The third-order valence-electron chi connectivity index (χ3n) is 2.77. The molecule has 1 N–H and O–H groups in total. The lowest BCUT2D eigenvalue weighted by atomic mass is 9.93. The molecule has 0 spiro atoms. The lowest BCUT2D eigenvalue weighted by Gasteiger charge is -2.22. The van der Waals surface area contributed by atoms with E-state index in [0.717, 1.165) is 12.0 Å². The van der Waals surface area contributed by atoms with Gasteiger partial charge < -0.3 is 9.84 Å². The Balaban J connectivity index is 2.17. The standard InChI is InChI=1S/C11H14O3S/c1-8-5-9(7-15-8)6-11(10(12)13)3-2-4-14-11/h5,7H,2-4,6H2,1H3,(H,12,13). The summed E-state index contributed by atoms with van der Waals surface area (Å²) in [5.74, 6) is -0.830. The number of thiophene rings is 1. The molecule has 1 atom stereocenters. The number of carboxylic acids is 1. The molecule has 0 aliphatic carbocycles. The molecular weight excluding hydrogens is 212 g/mol. The summed E-state index contributed by atoms with van der Waals surface area (Å²) in [6.07, 6.45) is 1.96. The molecule has 1 aliphatic heterocycles. The van der Waals surface area contributed by atoms with Crippen molar-refractivity contribution in [1.29, 1.82) is 0 Å². The molecule has 0 aromatic carbocycles. The molecule has 15 heavy (non-hydrogen) atoms. The van der Waals surface area contributed by atoms with Crippen molar-refractivity contribution in [2.45, 2.75) is 31.8 Å². The number of carbonyl (C=O) groups is 1. The average Bonchev–Trinajstić information content (AvgIpc) is 2.77. The number of rotatable bonds is 3. The van der Waals surface area contributed by atoms with Crippen molar-refractivity contribution in [1.82, 2.24) is 0 Å². The van der Waals surface area contributed by atoms with Gasteiger partial charge in [-0.3, -0.25) is 0 Å². The van der Waals surface area contributed by atoms with Crippen molar-refractivity contribution in [2.75, 3.05) is 6.61 Å². The Morgan fingerprint density at radius 2 is 2.53 bits per heavy atom. The zero-order valence-corrected chi connectivity index (χ0v) is 9.47. The van der Waals surface area contributed by atoms with Gasteiger partial charge in [0.25, 0.3) is 0 Å². The number of aryl methyl sites for hydroxylation is 1. The molecule has 2 heterocycles. The second kappa shape index (κ2) is 3.94. The Morgan fingerprint density at radius 3 is 3.00 bits per heavy atom. The van der Waals surface area contributed by atoms with Crippen LogP contribution in [-0.2, 0) is 16.0 Å². The fraction of sp³-hybridized carbons (Fsp3) is 0.545. The van der Waals surface area contributed by atoms with Crippen LogP contribution in [-0.4, -0.2) is 23.3 Å². The number of hydrogen-bond donors (Lipinski definition) is 1. The third kappa shape index (κ3) is 2.06. The first-order chi connectivity index (χ1) is 7.12. The molecule has 1 aromatic heterocycles. The summed E-state index contributed by atoms with van der Waals surface area (Å²) >= 11 is 1.65. The molecule has 1 unspecified atom stereocenters. The number of aliphatic carboxylic acids is 1.